The van der Waals surface area contributed by atoms with Gasteiger partial charge in [-0.2, -0.15) is 5.10 Å². The van der Waals surface area contributed by atoms with Crippen LogP contribution in [0.2, 0.25) is 0 Å². The average Bonchev–Trinajstić information content (AvgIpc) is 2.85. The first-order valence-electron chi connectivity index (χ1n) is 5.86. The third-order valence-electron chi connectivity index (χ3n) is 2.83. The number of carbonyl (C=O) groups excluding carboxylic acids is 1. The molecule has 1 unspecified atom stereocenters. The molecule has 1 aromatic heterocycles. The highest BCUT2D eigenvalue weighted by molar-refractivity contribution is 5.79. The summed E-state index contributed by atoms with van der Waals surface area (Å²) in [6.45, 7) is 3.87. The van der Waals surface area contributed by atoms with Crippen molar-refractivity contribution in [3.8, 4) is 0 Å². The molecule has 0 saturated heterocycles. The highest BCUT2D eigenvalue weighted by atomic mass is 16.1. The van der Waals surface area contributed by atoms with E-state index in [1.165, 1.54) is 6.33 Å². The number of hydrogen-bond donors (Lipinski definition) is 2. The molecule has 0 radical (unpaired) electrons. The van der Waals surface area contributed by atoms with Crippen molar-refractivity contribution in [2.24, 2.45) is 0 Å². The second-order valence-corrected chi connectivity index (χ2v) is 4.26. The summed E-state index contributed by atoms with van der Waals surface area (Å²) in [5.41, 5.74) is 2.17. The molecular weight excluding hydrogens is 228 g/mol. The number of aryl methyl sites for hydroxylation is 1. The summed E-state index contributed by atoms with van der Waals surface area (Å²) in [5, 5.41) is 9.39. The predicted molar refractivity (Wildman–Crippen MR) is 67.8 cm³/mol. The Bertz CT molecular complexity index is 522. The molecule has 18 heavy (non-hydrogen) atoms. The van der Waals surface area contributed by atoms with Crippen molar-refractivity contribution in [1.29, 1.82) is 0 Å². The van der Waals surface area contributed by atoms with E-state index >= 15 is 0 Å². The molecule has 2 aromatic rings. The van der Waals surface area contributed by atoms with Crippen LogP contribution in [-0.2, 0) is 11.2 Å². The van der Waals surface area contributed by atoms with E-state index in [-0.39, 0.29) is 11.9 Å². The van der Waals surface area contributed by atoms with Crippen LogP contribution in [0.25, 0.3) is 0 Å². The van der Waals surface area contributed by atoms with Crippen molar-refractivity contribution in [3.05, 3.63) is 47.5 Å². The van der Waals surface area contributed by atoms with Gasteiger partial charge in [-0.1, -0.05) is 24.3 Å². The van der Waals surface area contributed by atoms with Gasteiger partial charge >= 0.3 is 0 Å². The van der Waals surface area contributed by atoms with Gasteiger partial charge in [-0.3, -0.25) is 9.89 Å². The van der Waals surface area contributed by atoms with E-state index in [4.69, 9.17) is 0 Å². The fourth-order valence-electron chi connectivity index (χ4n) is 1.77. The molecular formula is C13H16N4O. The van der Waals surface area contributed by atoms with Crippen molar-refractivity contribution < 1.29 is 4.79 Å². The van der Waals surface area contributed by atoms with Gasteiger partial charge in [0, 0.05) is 0 Å². The first kappa shape index (κ1) is 12.3. The lowest BCUT2D eigenvalue weighted by Crippen LogP contribution is -2.29. The smallest absolute Gasteiger partial charge is 0.225 e. The largest absolute Gasteiger partial charge is 0.346 e. The molecule has 1 atom stereocenters. The van der Waals surface area contributed by atoms with Gasteiger partial charge in [-0.25, -0.2) is 4.98 Å². The number of hydrogen-bond acceptors (Lipinski definition) is 3. The zero-order chi connectivity index (χ0) is 13.0. The fraction of sp³-hybridized carbons (Fsp3) is 0.308. The molecule has 2 rings (SSSR count). The molecule has 2 N–H and O–H groups in total. The first-order chi connectivity index (χ1) is 8.66. The molecule has 5 heteroatoms. The van der Waals surface area contributed by atoms with E-state index in [9.17, 15) is 4.79 Å². The van der Waals surface area contributed by atoms with E-state index in [1.54, 1.807) is 0 Å². The quantitative estimate of drug-likeness (QED) is 0.856. The first-order valence-corrected chi connectivity index (χ1v) is 5.86. The van der Waals surface area contributed by atoms with E-state index in [0.29, 0.717) is 12.2 Å². The molecule has 0 spiro atoms. The van der Waals surface area contributed by atoms with Gasteiger partial charge in [-0.15, -0.1) is 0 Å². The van der Waals surface area contributed by atoms with Crippen LogP contribution in [0.5, 0.6) is 0 Å². The number of aromatic nitrogens is 3. The van der Waals surface area contributed by atoms with Crippen LogP contribution in [0, 0.1) is 6.92 Å². The fourth-order valence-corrected chi connectivity index (χ4v) is 1.77. The highest BCUT2D eigenvalue weighted by Crippen LogP contribution is 2.09. The van der Waals surface area contributed by atoms with E-state index in [0.717, 1.165) is 11.1 Å². The Morgan fingerprint density at radius 1 is 1.44 bits per heavy atom. The number of rotatable bonds is 4. The number of H-pyrrole nitrogens is 1. The summed E-state index contributed by atoms with van der Waals surface area (Å²) in [6, 6.07) is 7.71. The van der Waals surface area contributed by atoms with Crippen molar-refractivity contribution in [2.75, 3.05) is 0 Å². The SMILES string of the molecule is Cc1ccccc1CC(=O)NC(C)c1ncn[nH]1. The molecule has 0 saturated carbocycles. The lowest BCUT2D eigenvalue weighted by Gasteiger charge is -2.11. The van der Waals surface area contributed by atoms with Crippen LogP contribution in [0.1, 0.15) is 29.9 Å². The molecule has 0 aliphatic carbocycles. The lowest BCUT2D eigenvalue weighted by atomic mass is 10.1. The normalized spacial score (nSPS) is 12.1. The van der Waals surface area contributed by atoms with Crippen LogP contribution < -0.4 is 5.32 Å². The van der Waals surface area contributed by atoms with E-state index < -0.39 is 0 Å². The predicted octanol–water partition coefficient (Wildman–Crippen LogP) is 1.53. The molecule has 0 aliphatic rings. The molecule has 5 nitrogen and oxygen atoms in total. The number of amides is 1. The summed E-state index contributed by atoms with van der Waals surface area (Å²) in [6.07, 6.45) is 1.81. The Balaban J connectivity index is 1.95. The van der Waals surface area contributed by atoms with Crippen LogP contribution in [-0.4, -0.2) is 21.1 Å². The number of carbonyl (C=O) groups is 1. The molecule has 1 amide bonds. The Morgan fingerprint density at radius 2 is 2.22 bits per heavy atom. The van der Waals surface area contributed by atoms with Gasteiger partial charge in [0.05, 0.1) is 12.5 Å². The van der Waals surface area contributed by atoms with Crippen molar-refractivity contribution >= 4 is 5.91 Å². The summed E-state index contributed by atoms with van der Waals surface area (Å²) < 4.78 is 0. The maximum absolute atomic E-state index is 11.9. The van der Waals surface area contributed by atoms with Gasteiger partial charge in [0.1, 0.15) is 12.2 Å². The molecule has 94 valence electrons. The summed E-state index contributed by atoms with van der Waals surface area (Å²) in [4.78, 5) is 15.9. The second kappa shape index (κ2) is 5.44. The van der Waals surface area contributed by atoms with Gasteiger partial charge in [0.25, 0.3) is 0 Å². The van der Waals surface area contributed by atoms with Crippen LogP contribution in [0.3, 0.4) is 0 Å². The van der Waals surface area contributed by atoms with Crippen molar-refractivity contribution in [3.63, 3.8) is 0 Å². The number of nitrogens with one attached hydrogen (secondary N) is 2. The average molecular weight is 244 g/mol. The van der Waals surface area contributed by atoms with Gasteiger partial charge in [-0.05, 0) is 25.0 Å². The highest BCUT2D eigenvalue weighted by Gasteiger charge is 2.12. The maximum Gasteiger partial charge on any atom is 0.225 e. The minimum atomic E-state index is -0.163. The van der Waals surface area contributed by atoms with Gasteiger partial charge < -0.3 is 5.32 Å². The number of aromatic amines is 1. The zero-order valence-corrected chi connectivity index (χ0v) is 10.5. The summed E-state index contributed by atoms with van der Waals surface area (Å²) in [5.74, 6) is 0.640. The Kier molecular flexibility index (Phi) is 3.72. The van der Waals surface area contributed by atoms with Crippen LogP contribution >= 0.6 is 0 Å². The second-order valence-electron chi connectivity index (χ2n) is 4.26. The number of benzene rings is 1. The Hall–Kier alpha value is -2.17. The lowest BCUT2D eigenvalue weighted by molar-refractivity contribution is -0.121. The topological polar surface area (TPSA) is 70.7 Å². The van der Waals surface area contributed by atoms with Crippen LogP contribution in [0.4, 0.5) is 0 Å². The minimum Gasteiger partial charge on any atom is -0.346 e. The van der Waals surface area contributed by atoms with Crippen LogP contribution in [0.15, 0.2) is 30.6 Å². The third-order valence-corrected chi connectivity index (χ3v) is 2.83. The van der Waals surface area contributed by atoms with E-state index in [2.05, 4.69) is 20.5 Å². The zero-order valence-electron chi connectivity index (χ0n) is 10.5. The maximum atomic E-state index is 11.9. The molecule has 1 aromatic carbocycles. The third kappa shape index (κ3) is 2.94. The number of nitrogens with zero attached hydrogens (tertiary/aromatic N) is 2. The minimum absolute atomic E-state index is 0.0202. The van der Waals surface area contributed by atoms with Gasteiger partial charge in [0.2, 0.25) is 5.91 Å². The van der Waals surface area contributed by atoms with Crippen molar-refractivity contribution in [2.45, 2.75) is 26.3 Å². The van der Waals surface area contributed by atoms with Gasteiger partial charge in [0.15, 0.2) is 0 Å². The summed E-state index contributed by atoms with van der Waals surface area (Å²) in [7, 11) is 0. The Labute approximate surface area is 106 Å². The standard InChI is InChI=1S/C13H16N4O/c1-9-5-3-4-6-11(9)7-12(18)16-10(2)13-14-8-15-17-13/h3-6,8,10H,7H2,1-2H3,(H,16,18)(H,14,15,17). The Morgan fingerprint density at radius 3 is 2.89 bits per heavy atom. The summed E-state index contributed by atoms with van der Waals surface area (Å²) >= 11 is 0. The monoisotopic (exact) mass is 244 g/mol. The van der Waals surface area contributed by atoms with Crippen molar-refractivity contribution in [1.82, 2.24) is 20.5 Å². The van der Waals surface area contributed by atoms with E-state index in [1.807, 2.05) is 38.1 Å². The molecule has 0 bridgehead atoms. The molecule has 1 heterocycles. The molecule has 0 fully saturated rings. The molecule has 0 aliphatic heterocycles.